The van der Waals surface area contributed by atoms with Gasteiger partial charge in [0.15, 0.2) is 0 Å². The van der Waals surface area contributed by atoms with Crippen molar-refractivity contribution < 1.29 is 4.74 Å². The molecule has 3 heteroatoms. The third kappa shape index (κ3) is 3.13. The van der Waals surface area contributed by atoms with Gasteiger partial charge in [-0.25, -0.2) is 0 Å². The van der Waals surface area contributed by atoms with E-state index in [1.165, 1.54) is 0 Å². The first-order valence-corrected chi connectivity index (χ1v) is 5.18. The predicted molar refractivity (Wildman–Crippen MR) is 63.5 cm³/mol. The van der Waals surface area contributed by atoms with E-state index in [-0.39, 0.29) is 0 Å². The van der Waals surface area contributed by atoms with Crippen LogP contribution in [-0.2, 0) is 4.74 Å². The van der Waals surface area contributed by atoms with Gasteiger partial charge in [-0.2, -0.15) is 0 Å². The van der Waals surface area contributed by atoms with E-state index in [0.717, 1.165) is 37.6 Å². The molecule has 0 aliphatic carbocycles. The van der Waals surface area contributed by atoms with Gasteiger partial charge in [0.2, 0.25) is 0 Å². The Morgan fingerprint density at radius 2 is 1.87 bits per heavy atom. The molecule has 1 rings (SSSR count). The third-order valence-electron chi connectivity index (χ3n) is 2.66. The molecule has 0 atom stereocenters. The Hall–Kier alpha value is -1.22. The first-order chi connectivity index (χ1) is 7.19. The first kappa shape index (κ1) is 11.9. The minimum absolute atomic E-state index is 0.801. The van der Waals surface area contributed by atoms with Crippen LogP contribution in [0.1, 0.15) is 0 Å². The highest BCUT2D eigenvalue weighted by molar-refractivity contribution is 5.25. The number of nitrogens with zero attached hydrogens (tertiary/aromatic N) is 2. The van der Waals surface area contributed by atoms with E-state index in [1.807, 2.05) is 6.08 Å². The number of ether oxygens (including phenoxy) is 1. The molecule has 0 saturated carbocycles. The molecule has 1 fully saturated rings. The molecule has 84 valence electrons. The van der Waals surface area contributed by atoms with Gasteiger partial charge in [0, 0.05) is 26.2 Å². The van der Waals surface area contributed by atoms with Gasteiger partial charge < -0.3 is 14.5 Å². The summed E-state index contributed by atoms with van der Waals surface area (Å²) in [4.78, 5) is 4.56. The highest BCUT2D eigenvalue weighted by Crippen LogP contribution is 2.15. The molecule has 15 heavy (non-hydrogen) atoms. The van der Waals surface area contributed by atoms with Crippen LogP contribution in [0.2, 0.25) is 0 Å². The van der Waals surface area contributed by atoms with Crippen molar-refractivity contribution in [1.82, 2.24) is 9.80 Å². The van der Waals surface area contributed by atoms with Crippen molar-refractivity contribution >= 4 is 0 Å². The van der Waals surface area contributed by atoms with E-state index >= 15 is 0 Å². The van der Waals surface area contributed by atoms with Crippen LogP contribution in [0.4, 0.5) is 0 Å². The summed E-state index contributed by atoms with van der Waals surface area (Å²) in [6.45, 7) is 11.9. The molecular weight excluding hydrogens is 188 g/mol. The summed E-state index contributed by atoms with van der Waals surface area (Å²) in [5.41, 5.74) is 0.950. The SMILES string of the molecule is C=C/C=C(/OC)C(=C)N1CCN(C)CC1. The zero-order valence-electron chi connectivity index (χ0n) is 9.70. The van der Waals surface area contributed by atoms with Gasteiger partial charge in [-0.05, 0) is 13.1 Å². The Bertz CT molecular complexity index is 263. The van der Waals surface area contributed by atoms with E-state index in [0.29, 0.717) is 0 Å². The Labute approximate surface area is 92.3 Å². The van der Waals surface area contributed by atoms with Gasteiger partial charge >= 0.3 is 0 Å². The summed E-state index contributed by atoms with van der Waals surface area (Å²) in [7, 11) is 3.80. The Morgan fingerprint density at radius 1 is 1.27 bits per heavy atom. The van der Waals surface area contributed by atoms with E-state index in [2.05, 4.69) is 30.0 Å². The maximum absolute atomic E-state index is 5.27. The Morgan fingerprint density at radius 3 is 2.33 bits per heavy atom. The molecule has 0 aromatic heterocycles. The minimum atomic E-state index is 0.801. The Balaban J connectivity index is 2.59. The molecule has 0 aromatic rings. The summed E-state index contributed by atoms with van der Waals surface area (Å²) < 4.78 is 5.27. The standard InChI is InChI=1S/C12H20N2O/c1-5-6-12(15-4)11(2)14-9-7-13(3)8-10-14/h5-6H,1-2,7-10H2,3-4H3/b12-6+. The molecule has 0 amide bonds. The van der Waals surface area contributed by atoms with Gasteiger partial charge in [0.1, 0.15) is 5.76 Å². The second kappa shape index (κ2) is 5.61. The molecule has 0 aromatic carbocycles. The lowest BCUT2D eigenvalue weighted by atomic mass is 10.2. The Kier molecular flexibility index (Phi) is 4.43. The fraction of sp³-hybridized carbons (Fsp3) is 0.500. The molecule has 0 unspecified atom stereocenters. The van der Waals surface area contributed by atoms with Crippen LogP contribution >= 0.6 is 0 Å². The highest BCUT2D eigenvalue weighted by Gasteiger charge is 2.17. The highest BCUT2D eigenvalue weighted by atomic mass is 16.5. The van der Waals surface area contributed by atoms with Crippen LogP contribution < -0.4 is 0 Å². The molecule has 1 aliphatic rings. The van der Waals surface area contributed by atoms with Crippen LogP contribution in [0, 0.1) is 0 Å². The average Bonchev–Trinajstić information content (AvgIpc) is 2.26. The molecule has 0 bridgehead atoms. The quantitative estimate of drug-likeness (QED) is 0.514. The number of methoxy groups -OCH3 is 1. The van der Waals surface area contributed by atoms with Gasteiger partial charge in [0.05, 0.1) is 12.8 Å². The van der Waals surface area contributed by atoms with Crippen molar-refractivity contribution in [3.8, 4) is 0 Å². The lowest BCUT2D eigenvalue weighted by Gasteiger charge is -2.35. The van der Waals surface area contributed by atoms with Crippen molar-refractivity contribution in [1.29, 1.82) is 0 Å². The van der Waals surface area contributed by atoms with E-state index in [1.54, 1.807) is 13.2 Å². The zero-order valence-corrected chi connectivity index (χ0v) is 9.70. The number of piperazine rings is 1. The second-order valence-electron chi connectivity index (χ2n) is 3.71. The summed E-state index contributed by atoms with van der Waals surface area (Å²) in [5, 5.41) is 0. The van der Waals surface area contributed by atoms with Crippen LogP contribution in [0.3, 0.4) is 0 Å². The zero-order chi connectivity index (χ0) is 11.3. The average molecular weight is 208 g/mol. The normalized spacial score (nSPS) is 18.8. The molecule has 1 heterocycles. The molecular formula is C12H20N2O. The maximum Gasteiger partial charge on any atom is 0.141 e. The molecule has 3 nitrogen and oxygen atoms in total. The number of allylic oxidation sites excluding steroid dienone is 2. The van der Waals surface area contributed by atoms with Gasteiger partial charge in [0.25, 0.3) is 0 Å². The van der Waals surface area contributed by atoms with E-state index in [9.17, 15) is 0 Å². The van der Waals surface area contributed by atoms with E-state index < -0.39 is 0 Å². The van der Waals surface area contributed by atoms with Crippen molar-refractivity contribution in [3.63, 3.8) is 0 Å². The number of rotatable bonds is 4. The lowest BCUT2D eigenvalue weighted by molar-refractivity contribution is 0.173. The summed E-state index contributed by atoms with van der Waals surface area (Å²) >= 11 is 0. The van der Waals surface area contributed by atoms with Gasteiger partial charge in [-0.15, -0.1) is 0 Å². The van der Waals surface area contributed by atoms with Crippen molar-refractivity contribution in [3.05, 3.63) is 36.8 Å². The van der Waals surface area contributed by atoms with Crippen LogP contribution in [-0.4, -0.2) is 50.1 Å². The fourth-order valence-corrected chi connectivity index (χ4v) is 1.62. The van der Waals surface area contributed by atoms with Crippen molar-refractivity contribution in [2.45, 2.75) is 0 Å². The largest absolute Gasteiger partial charge is 0.495 e. The van der Waals surface area contributed by atoms with Crippen LogP contribution in [0.5, 0.6) is 0 Å². The second-order valence-corrected chi connectivity index (χ2v) is 3.71. The molecule has 0 spiro atoms. The monoisotopic (exact) mass is 208 g/mol. The molecule has 0 radical (unpaired) electrons. The summed E-state index contributed by atoms with van der Waals surface area (Å²) in [6.07, 6.45) is 3.57. The van der Waals surface area contributed by atoms with Crippen molar-refractivity contribution in [2.75, 3.05) is 40.3 Å². The predicted octanol–water partition coefficient (Wildman–Crippen LogP) is 1.46. The first-order valence-electron chi connectivity index (χ1n) is 5.18. The van der Waals surface area contributed by atoms with Crippen molar-refractivity contribution in [2.24, 2.45) is 0 Å². The van der Waals surface area contributed by atoms with Gasteiger partial charge in [-0.1, -0.05) is 19.2 Å². The van der Waals surface area contributed by atoms with Gasteiger partial charge in [-0.3, -0.25) is 0 Å². The summed E-state index contributed by atoms with van der Waals surface area (Å²) in [6, 6.07) is 0. The smallest absolute Gasteiger partial charge is 0.141 e. The topological polar surface area (TPSA) is 15.7 Å². The molecule has 0 N–H and O–H groups in total. The third-order valence-corrected chi connectivity index (χ3v) is 2.66. The number of hydrogen-bond donors (Lipinski definition) is 0. The fourth-order valence-electron chi connectivity index (χ4n) is 1.62. The number of likely N-dealkylation sites (N-methyl/N-ethyl adjacent to an activating group) is 1. The molecule has 1 saturated heterocycles. The lowest BCUT2D eigenvalue weighted by Crippen LogP contribution is -2.44. The van der Waals surface area contributed by atoms with Crippen LogP contribution in [0.15, 0.2) is 36.8 Å². The molecule has 1 aliphatic heterocycles. The maximum atomic E-state index is 5.27. The number of hydrogen-bond acceptors (Lipinski definition) is 3. The van der Waals surface area contributed by atoms with E-state index in [4.69, 9.17) is 4.74 Å². The van der Waals surface area contributed by atoms with Crippen LogP contribution in [0.25, 0.3) is 0 Å². The minimum Gasteiger partial charge on any atom is -0.495 e. The summed E-state index contributed by atoms with van der Waals surface area (Å²) in [5.74, 6) is 0.801.